The number of ether oxygens (including phenoxy) is 2. The summed E-state index contributed by atoms with van der Waals surface area (Å²) in [5, 5.41) is 8.52. The van der Waals surface area contributed by atoms with E-state index in [4.69, 9.17) is 9.47 Å². The molecule has 190 valence electrons. The molecular formula is C30H25N3O5. The zero-order valence-corrected chi connectivity index (χ0v) is 20.6. The van der Waals surface area contributed by atoms with E-state index >= 15 is 0 Å². The van der Waals surface area contributed by atoms with Gasteiger partial charge in [0, 0.05) is 12.5 Å². The number of methoxy groups -OCH3 is 1. The number of carbonyl (C=O) groups is 3. The summed E-state index contributed by atoms with van der Waals surface area (Å²) in [6, 6.07) is 27.4. The first-order valence-corrected chi connectivity index (χ1v) is 12.1. The van der Waals surface area contributed by atoms with Gasteiger partial charge in [-0.1, -0.05) is 66.7 Å². The Morgan fingerprint density at radius 3 is 2.53 bits per heavy atom. The van der Waals surface area contributed by atoms with Crippen LogP contribution >= 0.6 is 0 Å². The zero-order chi connectivity index (χ0) is 26.5. The van der Waals surface area contributed by atoms with Crippen LogP contribution < -0.4 is 20.2 Å². The molecule has 1 saturated heterocycles. The van der Waals surface area contributed by atoms with Gasteiger partial charge >= 0.3 is 5.97 Å². The number of esters is 1. The number of rotatable bonds is 7. The van der Waals surface area contributed by atoms with Crippen LogP contribution in [0.25, 0.3) is 10.8 Å². The van der Waals surface area contributed by atoms with Gasteiger partial charge < -0.3 is 14.8 Å². The van der Waals surface area contributed by atoms with Gasteiger partial charge in [0.15, 0.2) is 11.5 Å². The summed E-state index contributed by atoms with van der Waals surface area (Å²) in [5.74, 6) is -1.89. The van der Waals surface area contributed by atoms with Crippen molar-refractivity contribution < 1.29 is 23.9 Å². The lowest BCUT2D eigenvalue weighted by atomic mass is 9.88. The molecule has 0 saturated carbocycles. The number of fused-ring (bicyclic) bond motifs is 1. The van der Waals surface area contributed by atoms with E-state index in [0.29, 0.717) is 23.4 Å². The maximum absolute atomic E-state index is 12.9. The fraction of sp³-hybridized carbons (Fsp3) is 0.133. The summed E-state index contributed by atoms with van der Waals surface area (Å²) in [6.45, 7) is 0.390. The first-order valence-electron chi connectivity index (χ1n) is 12.1. The second-order valence-corrected chi connectivity index (χ2v) is 8.80. The van der Waals surface area contributed by atoms with Crippen molar-refractivity contribution in [2.75, 3.05) is 13.7 Å². The Labute approximate surface area is 219 Å². The molecule has 38 heavy (non-hydrogen) atoms. The molecule has 1 heterocycles. The monoisotopic (exact) mass is 507 g/mol. The van der Waals surface area contributed by atoms with Crippen molar-refractivity contribution in [2.45, 2.75) is 5.92 Å². The molecule has 4 aromatic carbocycles. The van der Waals surface area contributed by atoms with Crippen LogP contribution in [0.15, 0.2) is 96.1 Å². The van der Waals surface area contributed by atoms with Crippen LogP contribution in [0, 0.1) is 5.92 Å². The molecule has 5 rings (SSSR count). The third-order valence-corrected chi connectivity index (χ3v) is 6.48. The van der Waals surface area contributed by atoms with Crippen LogP contribution in [-0.4, -0.2) is 37.7 Å². The van der Waals surface area contributed by atoms with Crippen molar-refractivity contribution in [3.63, 3.8) is 0 Å². The molecule has 8 nitrogen and oxygen atoms in total. The Bertz CT molecular complexity index is 1530. The van der Waals surface area contributed by atoms with Gasteiger partial charge in [0.05, 0.1) is 18.9 Å². The SMILES string of the molecule is COc1cc(/C=N/NC(=O)[C@@H]2C(=O)NC[C@@H]2c2ccccc2)ccc1OC(=O)c1cccc2ccccc12. The second-order valence-electron chi connectivity index (χ2n) is 8.80. The van der Waals surface area contributed by atoms with Crippen LogP contribution in [0.3, 0.4) is 0 Å². The minimum absolute atomic E-state index is 0.250. The van der Waals surface area contributed by atoms with Gasteiger partial charge in [0.25, 0.3) is 5.91 Å². The van der Waals surface area contributed by atoms with E-state index in [0.717, 1.165) is 16.3 Å². The largest absolute Gasteiger partial charge is 0.493 e. The Hall–Kier alpha value is -4.98. The third-order valence-electron chi connectivity index (χ3n) is 6.48. The molecule has 1 fully saturated rings. The lowest BCUT2D eigenvalue weighted by molar-refractivity contribution is -0.133. The van der Waals surface area contributed by atoms with Crippen LogP contribution in [-0.2, 0) is 9.59 Å². The van der Waals surface area contributed by atoms with E-state index in [1.807, 2.05) is 60.7 Å². The van der Waals surface area contributed by atoms with Gasteiger partial charge in [-0.3, -0.25) is 9.59 Å². The number of benzene rings is 4. The second kappa shape index (κ2) is 11.0. The first-order chi connectivity index (χ1) is 18.5. The minimum Gasteiger partial charge on any atom is -0.493 e. The highest BCUT2D eigenvalue weighted by atomic mass is 16.6. The van der Waals surface area contributed by atoms with Gasteiger partial charge in [0.1, 0.15) is 5.92 Å². The normalized spacial score (nSPS) is 16.8. The summed E-state index contributed by atoms with van der Waals surface area (Å²) >= 11 is 0. The predicted molar refractivity (Wildman–Crippen MR) is 143 cm³/mol. The fourth-order valence-corrected chi connectivity index (χ4v) is 4.58. The Balaban J connectivity index is 1.27. The van der Waals surface area contributed by atoms with Crippen LogP contribution in [0.1, 0.15) is 27.4 Å². The maximum Gasteiger partial charge on any atom is 0.344 e. The number of carbonyl (C=O) groups excluding carboxylic acids is 3. The van der Waals surface area contributed by atoms with Crippen LogP contribution in [0.5, 0.6) is 11.5 Å². The lowest BCUT2D eigenvalue weighted by Crippen LogP contribution is -2.34. The average molecular weight is 508 g/mol. The van der Waals surface area contributed by atoms with Crippen molar-refractivity contribution in [1.29, 1.82) is 0 Å². The maximum atomic E-state index is 12.9. The van der Waals surface area contributed by atoms with Gasteiger partial charge in [-0.25, -0.2) is 10.2 Å². The summed E-state index contributed by atoms with van der Waals surface area (Å²) in [5.41, 5.74) is 4.43. The number of amides is 2. The predicted octanol–water partition coefficient (Wildman–Crippen LogP) is 4.05. The number of hydrogen-bond acceptors (Lipinski definition) is 6. The number of nitrogens with zero attached hydrogens (tertiary/aromatic N) is 1. The Morgan fingerprint density at radius 1 is 0.947 bits per heavy atom. The van der Waals surface area contributed by atoms with Crippen molar-refractivity contribution in [3.8, 4) is 11.5 Å². The van der Waals surface area contributed by atoms with E-state index in [9.17, 15) is 14.4 Å². The van der Waals surface area contributed by atoms with E-state index in [-0.39, 0.29) is 17.6 Å². The van der Waals surface area contributed by atoms with E-state index in [1.165, 1.54) is 13.3 Å². The number of hydrogen-bond donors (Lipinski definition) is 2. The van der Waals surface area contributed by atoms with E-state index in [2.05, 4.69) is 15.8 Å². The van der Waals surface area contributed by atoms with Crippen molar-refractivity contribution >= 4 is 34.8 Å². The first kappa shape index (κ1) is 24.7. The summed E-state index contributed by atoms with van der Waals surface area (Å²) in [4.78, 5) is 38.0. The highest BCUT2D eigenvalue weighted by Crippen LogP contribution is 2.30. The summed E-state index contributed by atoms with van der Waals surface area (Å²) < 4.78 is 11.1. The van der Waals surface area contributed by atoms with Gasteiger partial charge in [-0.05, 0) is 46.2 Å². The average Bonchev–Trinajstić information content (AvgIpc) is 3.35. The Morgan fingerprint density at radius 2 is 1.71 bits per heavy atom. The fourth-order valence-electron chi connectivity index (χ4n) is 4.58. The lowest BCUT2D eigenvalue weighted by Gasteiger charge is -2.15. The molecule has 2 amide bonds. The standard InChI is InChI=1S/C30H25N3O5/c1-37-26-16-19(14-15-25(26)38-30(36)23-13-7-11-20-10-5-6-12-22(20)23)17-32-33-29(35)27-24(18-31-28(27)34)21-8-3-2-4-9-21/h2-17,24,27H,18H2,1H3,(H,31,34)(H,33,35)/b32-17+/t24-,27+/m1/s1. The highest BCUT2D eigenvalue weighted by Gasteiger charge is 2.40. The topological polar surface area (TPSA) is 106 Å². The highest BCUT2D eigenvalue weighted by molar-refractivity contribution is 6.05. The van der Waals surface area contributed by atoms with Crippen molar-refractivity contribution in [3.05, 3.63) is 108 Å². The minimum atomic E-state index is -0.875. The third kappa shape index (κ3) is 5.10. The van der Waals surface area contributed by atoms with Crippen molar-refractivity contribution in [1.82, 2.24) is 10.7 Å². The molecule has 1 aliphatic rings. The Kier molecular flexibility index (Phi) is 7.13. The molecule has 4 aromatic rings. The molecule has 0 aliphatic carbocycles. The molecule has 0 spiro atoms. The van der Waals surface area contributed by atoms with E-state index < -0.39 is 17.8 Å². The summed E-state index contributed by atoms with van der Waals surface area (Å²) in [6.07, 6.45) is 1.43. The van der Waals surface area contributed by atoms with Gasteiger partial charge in [-0.15, -0.1) is 0 Å². The molecule has 0 bridgehead atoms. The molecule has 0 radical (unpaired) electrons. The molecule has 2 N–H and O–H groups in total. The quantitative estimate of drug-likeness (QED) is 0.129. The van der Waals surface area contributed by atoms with Gasteiger partial charge in [0.2, 0.25) is 5.91 Å². The molecular weight excluding hydrogens is 482 g/mol. The molecule has 8 heteroatoms. The van der Waals surface area contributed by atoms with Crippen molar-refractivity contribution in [2.24, 2.45) is 11.0 Å². The molecule has 2 atom stereocenters. The van der Waals surface area contributed by atoms with Crippen LogP contribution in [0.4, 0.5) is 0 Å². The smallest absolute Gasteiger partial charge is 0.344 e. The molecule has 0 unspecified atom stereocenters. The van der Waals surface area contributed by atoms with E-state index in [1.54, 1.807) is 30.3 Å². The van der Waals surface area contributed by atoms with Crippen LogP contribution in [0.2, 0.25) is 0 Å². The number of hydrazone groups is 1. The molecule has 1 aliphatic heterocycles. The van der Waals surface area contributed by atoms with Gasteiger partial charge in [-0.2, -0.15) is 5.10 Å². The zero-order valence-electron chi connectivity index (χ0n) is 20.6. The summed E-state index contributed by atoms with van der Waals surface area (Å²) in [7, 11) is 1.47. The molecule has 0 aromatic heterocycles. The number of nitrogens with one attached hydrogen (secondary N) is 2.